The van der Waals surface area contributed by atoms with Crippen LogP contribution in [0.3, 0.4) is 0 Å². The fraction of sp³-hybridized carbons (Fsp3) is 0.125. The van der Waals surface area contributed by atoms with E-state index in [2.05, 4.69) is 15.0 Å². The fourth-order valence-electron chi connectivity index (χ4n) is 1.04. The molecule has 2 aromatic rings. The van der Waals surface area contributed by atoms with Crippen molar-refractivity contribution in [1.82, 2.24) is 15.0 Å². The first-order valence-corrected chi connectivity index (χ1v) is 6.23. The predicted molar refractivity (Wildman–Crippen MR) is 68.4 cm³/mol. The van der Waals surface area contributed by atoms with Crippen molar-refractivity contribution >= 4 is 45.5 Å². The maximum Gasteiger partial charge on any atom is 0.264 e. The minimum atomic E-state index is -0.149. The molecular formula is C8H5ClIN3OS. The van der Waals surface area contributed by atoms with Crippen LogP contribution < -0.4 is 5.56 Å². The van der Waals surface area contributed by atoms with Crippen LogP contribution in [0.25, 0.3) is 10.8 Å². The minimum absolute atomic E-state index is 0.149. The lowest BCUT2D eigenvalue weighted by Gasteiger charge is -1.99. The zero-order valence-corrected chi connectivity index (χ0v) is 11.3. The van der Waals surface area contributed by atoms with Crippen molar-refractivity contribution in [2.75, 3.05) is 0 Å². The number of hydrogen-bond donors (Lipinski definition) is 1. The summed E-state index contributed by atoms with van der Waals surface area (Å²) >= 11 is 9.00. The molecule has 0 aliphatic heterocycles. The lowest BCUT2D eigenvalue weighted by molar-refractivity contribution is 1.05. The molecule has 78 valence electrons. The van der Waals surface area contributed by atoms with Gasteiger partial charge < -0.3 is 4.98 Å². The number of H-pyrrole nitrogens is 1. The second kappa shape index (κ2) is 4.18. The summed E-state index contributed by atoms with van der Waals surface area (Å²) in [4.78, 5) is 22.4. The summed E-state index contributed by atoms with van der Waals surface area (Å²) in [6, 6.07) is 0. The molecule has 4 nitrogen and oxygen atoms in total. The van der Waals surface area contributed by atoms with Crippen LogP contribution in [0.4, 0.5) is 0 Å². The second-order valence-electron chi connectivity index (χ2n) is 2.78. The van der Waals surface area contributed by atoms with Gasteiger partial charge in [0.1, 0.15) is 4.34 Å². The van der Waals surface area contributed by atoms with Crippen molar-refractivity contribution in [1.29, 1.82) is 0 Å². The van der Waals surface area contributed by atoms with Gasteiger partial charge in [0.15, 0.2) is 10.8 Å². The normalized spacial score (nSPS) is 10.6. The van der Waals surface area contributed by atoms with E-state index in [0.717, 1.165) is 0 Å². The average Bonchev–Trinajstić information content (AvgIpc) is 2.60. The smallest absolute Gasteiger partial charge is 0.264 e. The van der Waals surface area contributed by atoms with Crippen molar-refractivity contribution in [2.45, 2.75) is 6.92 Å². The number of halogens is 2. The molecule has 0 bridgehead atoms. The van der Waals surface area contributed by atoms with Gasteiger partial charge in [-0.05, 0) is 29.5 Å². The molecule has 0 unspecified atom stereocenters. The molecule has 7 heteroatoms. The van der Waals surface area contributed by atoms with E-state index in [1.807, 2.05) is 22.6 Å². The number of thiazole rings is 1. The van der Waals surface area contributed by atoms with Crippen LogP contribution in [0.5, 0.6) is 0 Å². The number of aryl methyl sites for hydroxylation is 1. The predicted octanol–water partition coefficient (Wildman–Crippen LogP) is 2.46. The summed E-state index contributed by atoms with van der Waals surface area (Å²) in [5.41, 5.74) is 0.546. The third kappa shape index (κ3) is 2.21. The van der Waals surface area contributed by atoms with Crippen molar-refractivity contribution in [2.24, 2.45) is 0 Å². The molecule has 0 aromatic carbocycles. The van der Waals surface area contributed by atoms with Gasteiger partial charge in [0.25, 0.3) is 5.56 Å². The molecule has 1 N–H and O–H groups in total. The van der Waals surface area contributed by atoms with E-state index in [1.165, 1.54) is 17.5 Å². The van der Waals surface area contributed by atoms with Gasteiger partial charge in [-0.2, -0.15) is 0 Å². The van der Waals surface area contributed by atoms with Gasteiger partial charge in [-0.1, -0.05) is 22.9 Å². The molecular weight excluding hydrogens is 349 g/mol. The first-order valence-electron chi connectivity index (χ1n) is 3.96. The Balaban J connectivity index is 2.60. The van der Waals surface area contributed by atoms with Crippen LogP contribution in [-0.2, 0) is 0 Å². The molecule has 2 heterocycles. The highest BCUT2D eigenvalue weighted by atomic mass is 127. The third-order valence-corrected chi connectivity index (χ3v) is 4.10. The summed E-state index contributed by atoms with van der Waals surface area (Å²) in [5, 5.41) is 0.622. The molecule has 0 fully saturated rings. The topological polar surface area (TPSA) is 58.6 Å². The van der Waals surface area contributed by atoms with E-state index >= 15 is 0 Å². The van der Waals surface area contributed by atoms with Crippen molar-refractivity contribution in [3.05, 3.63) is 30.2 Å². The maximum atomic E-state index is 11.5. The lowest BCUT2D eigenvalue weighted by atomic mass is 10.4. The quantitative estimate of drug-likeness (QED) is 0.801. The number of hydrogen-bond acceptors (Lipinski definition) is 4. The molecule has 0 aliphatic carbocycles. The summed E-state index contributed by atoms with van der Waals surface area (Å²) in [6.07, 6.45) is 1.54. The number of aromatic nitrogens is 3. The van der Waals surface area contributed by atoms with Crippen LogP contribution in [0.1, 0.15) is 5.69 Å². The number of aromatic amines is 1. The van der Waals surface area contributed by atoms with Gasteiger partial charge in [-0.25, -0.2) is 9.97 Å². The number of nitrogens with one attached hydrogen (secondary N) is 1. The Hall–Kier alpha value is -0.470. The largest absolute Gasteiger partial charge is 0.304 e. The molecule has 0 radical (unpaired) electrons. The third-order valence-electron chi connectivity index (χ3n) is 1.71. The van der Waals surface area contributed by atoms with E-state index in [0.29, 0.717) is 24.4 Å². The molecule has 0 amide bonds. The first-order chi connectivity index (χ1) is 7.08. The molecule has 0 atom stereocenters. The van der Waals surface area contributed by atoms with Crippen LogP contribution in [0.2, 0.25) is 4.34 Å². The minimum Gasteiger partial charge on any atom is -0.304 e. The van der Waals surface area contributed by atoms with Crippen molar-refractivity contribution in [3.8, 4) is 10.8 Å². The maximum absolute atomic E-state index is 11.5. The SMILES string of the molecule is Cc1nc(-c2ncc(Cl)s2)[nH]c(=O)c1I. The van der Waals surface area contributed by atoms with Crippen LogP contribution in [0, 0.1) is 10.5 Å². The van der Waals surface area contributed by atoms with Gasteiger partial charge in [-0.15, -0.1) is 0 Å². The fourth-order valence-corrected chi connectivity index (χ4v) is 2.15. The number of nitrogens with zero attached hydrogens (tertiary/aromatic N) is 2. The Morgan fingerprint density at radius 3 is 2.87 bits per heavy atom. The zero-order valence-electron chi connectivity index (χ0n) is 7.54. The van der Waals surface area contributed by atoms with E-state index < -0.39 is 0 Å². The van der Waals surface area contributed by atoms with Crippen LogP contribution in [-0.4, -0.2) is 15.0 Å². The van der Waals surface area contributed by atoms with Crippen molar-refractivity contribution < 1.29 is 0 Å². The Kier molecular flexibility index (Phi) is 3.08. The van der Waals surface area contributed by atoms with Gasteiger partial charge >= 0.3 is 0 Å². The Labute approximate surface area is 108 Å². The highest BCUT2D eigenvalue weighted by Crippen LogP contribution is 2.25. The highest BCUT2D eigenvalue weighted by molar-refractivity contribution is 14.1. The van der Waals surface area contributed by atoms with Gasteiger partial charge in [0.2, 0.25) is 0 Å². The summed E-state index contributed by atoms with van der Waals surface area (Å²) in [7, 11) is 0. The number of rotatable bonds is 1. The summed E-state index contributed by atoms with van der Waals surface area (Å²) < 4.78 is 1.17. The van der Waals surface area contributed by atoms with Crippen LogP contribution >= 0.6 is 45.5 Å². The molecule has 0 saturated carbocycles. The average molecular weight is 354 g/mol. The molecule has 2 rings (SSSR count). The second-order valence-corrected chi connectivity index (χ2v) is 5.52. The first kappa shape index (κ1) is 11.0. The Bertz CT molecular complexity index is 565. The Morgan fingerprint density at radius 2 is 2.33 bits per heavy atom. The van der Waals surface area contributed by atoms with E-state index in [9.17, 15) is 4.79 Å². The van der Waals surface area contributed by atoms with Gasteiger partial charge in [0, 0.05) is 0 Å². The lowest BCUT2D eigenvalue weighted by Crippen LogP contribution is -2.14. The molecule has 2 aromatic heterocycles. The van der Waals surface area contributed by atoms with E-state index in [4.69, 9.17) is 11.6 Å². The van der Waals surface area contributed by atoms with E-state index in [1.54, 1.807) is 6.92 Å². The standard InChI is InChI=1S/C8H5ClIN3OS/c1-3-5(10)7(14)13-6(12-3)8-11-2-4(9)15-8/h2H,1H3,(H,12,13,14). The molecule has 0 aliphatic rings. The monoisotopic (exact) mass is 353 g/mol. The molecule has 15 heavy (non-hydrogen) atoms. The Morgan fingerprint density at radius 1 is 1.60 bits per heavy atom. The van der Waals surface area contributed by atoms with Crippen molar-refractivity contribution in [3.63, 3.8) is 0 Å². The molecule has 0 saturated heterocycles. The summed E-state index contributed by atoms with van der Waals surface area (Å²) in [6.45, 7) is 1.79. The van der Waals surface area contributed by atoms with Gasteiger partial charge in [-0.3, -0.25) is 4.79 Å². The van der Waals surface area contributed by atoms with Gasteiger partial charge in [0.05, 0.1) is 15.5 Å². The zero-order chi connectivity index (χ0) is 11.0. The summed E-state index contributed by atoms with van der Waals surface area (Å²) in [5.74, 6) is 0.467. The molecule has 0 spiro atoms. The van der Waals surface area contributed by atoms with E-state index in [-0.39, 0.29) is 5.56 Å². The van der Waals surface area contributed by atoms with Crippen LogP contribution in [0.15, 0.2) is 11.0 Å². The highest BCUT2D eigenvalue weighted by Gasteiger charge is 2.09.